The van der Waals surface area contributed by atoms with E-state index in [4.69, 9.17) is 17.3 Å². The van der Waals surface area contributed by atoms with Crippen LogP contribution in [0.1, 0.15) is 43.6 Å². The van der Waals surface area contributed by atoms with Crippen molar-refractivity contribution in [1.82, 2.24) is 5.32 Å². The summed E-state index contributed by atoms with van der Waals surface area (Å²) in [6.45, 7) is 0.545. The van der Waals surface area contributed by atoms with Crippen LogP contribution in [0.2, 0.25) is 5.02 Å². The molecule has 2 aliphatic carbocycles. The van der Waals surface area contributed by atoms with E-state index in [1.165, 1.54) is 32.1 Å². The summed E-state index contributed by atoms with van der Waals surface area (Å²) in [6.07, 6.45) is 6.00. The van der Waals surface area contributed by atoms with Gasteiger partial charge in [-0.25, -0.2) is 4.39 Å². The highest BCUT2D eigenvalue weighted by atomic mass is 35.5. The predicted molar refractivity (Wildman–Crippen MR) is 87.7 cm³/mol. The molecule has 2 saturated carbocycles. The van der Waals surface area contributed by atoms with E-state index < -0.39 is 0 Å². The topological polar surface area (TPSA) is 38.0 Å². The normalized spacial score (nSPS) is 21.3. The van der Waals surface area contributed by atoms with Gasteiger partial charge >= 0.3 is 0 Å². The molecule has 2 atom stereocenters. The van der Waals surface area contributed by atoms with Gasteiger partial charge in [0.15, 0.2) is 0 Å². The molecule has 0 aromatic heterocycles. The summed E-state index contributed by atoms with van der Waals surface area (Å²) < 4.78 is 14.4. The van der Waals surface area contributed by atoms with Crippen LogP contribution in [0.4, 0.5) is 4.39 Å². The summed E-state index contributed by atoms with van der Waals surface area (Å²) in [7, 11) is 0. The number of benzene rings is 1. The number of rotatable bonds is 6. The standard InChI is InChI=1S/C16H22ClFN2.ClH/c17-13-6-2-5-12(16(13)18)15(10-3-1-4-10)14(9-19)20-11-7-8-11;/h2,5-6,10-11,14-15,20H,1,3-4,7-9,19H2;1H. The number of halogens is 3. The largest absolute Gasteiger partial charge is 0.329 e. The van der Waals surface area contributed by atoms with Gasteiger partial charge in [0.25, 0.3) is 0 Å². The third kappa shape index (κ3) is 3.70. The molecule has 2 fully saturated rings. The molecule has 0 saturated heterocycles. The molecule has 0 heterocycles. The number of hydrogen-bond donors (Lipinski definition) is 2. The maximum atomic E-state index is 14.4. The average Bonchev–Trinajstić information content (AvgIpc) is 3.19. The molecule has 2 nitrogen and oxygen atoms in total. The maximum absolute atomic E-state index is 14.4. The number of nitrogens with two attached hydrogens (primary N) is 1. The lowest BCUT2D eigenvalue weighted by atomic mass is 9.69. The molecular weight excluding hydrogens is 310 g/mol. The van der Waals surface area contributed by atoms with Crippen molar-refractivity contribution in [2.45, 2.75) is 50.1 Å². The highest BCUT2D eigenvalue weighted by molar-refractivity contribution is 6.30. The van der Waals surface area contributed by atoms with Gasteiger partial charge in [0.2, 0.25) is 0 Å². The summed E-state index contributed by atoms with van der Waals surface area (Å²) in [5.41, 5.74) is 6.72. The van der Waals surface area contributed by atoms with Gasteiger partial charge < -0.3 is 11.1 Å². The molecule has 3 rings (SSSR count). The van der Waals surface area contributed by atoms with Gasteiger partial charge in [-0.1, -0.05) is 30.2 Å². The molecular formula is C16H23Cl2FN2. The fraction of sp³-hybridized carbons (Fsp3) is 0.625. The lowest BCUT2D eigenvalue weighted by molar-refractivity contribution is 0.216. The Bertz CT molecular complexity index is 475. The predicted octanol–water partition coefficient (Wildman–Crippen LogP) is 3.86. The second-order valence-corrected chi connectivity index (χ2v) is 6.55. The third-order valence-electron chi connectivity index (χ3n) is 4.71. The zero-order valence-electron chi connectivity index (χ0n) is 12.0. The zero-order valence-corrected chi connectivity index (χ0v) is 13.6. The summed E-state index contributed by atoms with van der Waals surface area (Å²) in [6, 6.07) is 6.07. The Labute approximate surface area is 137 Å². The van der Waals surface area contributed by atoms with E-state index in [2.05, 4.69) is 5.32 Å². The molecule has 5 heteroatoms. The molecule has 0 radical (unpaired) electrons. The van der Waals surface area contributed by atoms with E-state index in [0.29, 0.717) is 18.5 Å². The third-order valence-corrected chi connectivity index (χ3v) is 5.00. The molecule has 1 aromatic rings. The van der Waals surface area contributed by atoms with Gasteiger partial charge in [0.05, 0.1) is 5.02 Å². The van der Waals surface area contributed by atoms with Gasteiger partial charge in [-0.05, 0) is 43.2 Å². The first-order valence-electron chi connectivity index (χ1n) is 7.60. The minimum absolute atomic E-state index is 0. The Morgan fingerprint density at radius 3 is 2.52 bits per heavy atom. The van der Waals surface area contributed by atoms with Gasteiger partial charge in [-0.3, -0.25) is 0 Å². The van der Waals surface area contributed by atoms with Gasteiger partial charge in [0.1, 0.15) is 5.82 Å². The van der Waals surface area contributed by atoms with Crippen molar-refractivity contribution in [1.29, 1.82) is 0 Å². The summed E-state index contributed by atoms with van der Waals surface area (Å²) in [5, 5.41) is 3.82. The molecule has 21 heavy (non-hydrogen) atoms. The van der Waals surface area contributed by atoms with Crippen molar-refractivity contribution in [2.24, 2.45) is 11.7 Å². The fourth-order valence-electron chi connectivity index (χ4n) is 3.25. The minimum Gasteiger partial charge on any atom is -0.329 e. The van der Waals surface area contributed by atoms with E-state index in [1.807, 2.05) is 12.1 Å². The second kappa shape index (κ2) is 7.28. The van der Waals surface area contributed by atoms with E-state index in [0.717, 1.165) is 5.56 Å². The van der Waals surface area contributed by atoms with Gasteiger partial charge in [-0.15, -0.1) is 12.4 Å². The molecule has 118 valence electrons. The summed E-state index contributed by atoms with van der Waals surface area (Å²) in [4.78, 5) is 0. The zero-order chi connectivity index (χ0) is 14.1. The Balaban J connectivity index is 0.00000161. The van der Waals surface area contributed by atoms with Crippen LogP contribution in [0.5, 0.6) is 0 Å². The number of hydrogen-bond acceptors (Lipinski definition) is 2. The van der Waals surface area contributed by atoms with Crippen molar-refractivity contribution in [3.63, 3.8) is 0 Å². The van der Waals surface area contributed by atoms with Crippen molar-refractivity contribution < 1.29 is 4.39 Å². The summed E-state index contributed by atoms with van der Waals surface area (Å²) >= 11 is 5.96. The van der Waals surface area contributed by atoms with Crippen LogP contribution in [0.3, 0.4) is 0 Å². The van der Waals surface area contributed by atoms with Gasteiger partial charge in [-0.2, -0.15) is 0 Å². The lowest BCUT2D eigenvalue weighted by Crippen LogP contribution is -2.46. The van der Waals surface area contributed by atoms with Crippen LogP contribution in [0.15, 0.2) is 18.2 Å². The minimum atomic E-state index is -0.262. The summed E-state index contributed by atoms with van der Waals surface area (Å²) in [5.74, 6) is 0.415. The van der Waals surface area contributed by atoms with Crippen molar-refractivity contribution >= 4 is 24.0 Å². The van der Waals surface area contributed by atoms with Crippen LogP contribution >= 0.6 is 24.0 Å². The Hall–Kier alpha value is -0.350. The first-order valence-corrected chi connectivity index (χ1v) is 7.98. The van der Waals surface area contributed by atoms with Crippen molar-refractivity contribution in [2.75, 3.05) is 6.54 Å². The second-order valence-electron chi connectivity index (χ2n) is 6.14. The molecule has 2 aliphatic rings. The van der Waals surface area contributed by atoms with Gasteiger partial charge in [0, 0.05) is 24.5 Å². The van der Waals surface area contributed by atoms with E-state index in [-0.39, 0.29) is 35.2 Å². The number of nitrogens with one attached hydrogen (secondary N) is 1. The Morgan fingerprint density at radius 1 is 1.29 bits per heavy atom. The SMILES string of the molecule is Cl.NCC(NC1CC1)C(c1cccc(Cl)c1F)C1CCC1. The molecule has 0 spiro atoms. The van der Waals surface area contributed by atoms with Crippen LogP contribution in [-0.4, -0.2) is 18.6 Å². The van der Waals surface area contributed by atoms with E-state index in [9.17, 15) is 4.39 Å². The van der Waals surface area contributed by atoms with Crippen molar-refractivity contribution in [3.05, 3.63) is 34.6 Å². The smallest absolute Gasteiger partial charge is 0.145 e. The first-order chi connectivity index (χ1) is 9.70. The van der Waals surface area contributed by atoms with Crippen molar-refractivity contribution in [3.8, 4) is 0 Å². The molecule has 3 N–H and O–H groups in total. The lowest BCUT2D eigenvalue weighted by Gasteiger charge is -2.39. The molecule has 0 amide bonds. The fourth-order valence-corrected chi connectivity index (χ4v) is 3.43. The highest BCUT2D eigenvalue weighted by Crippen LogP contribution is 2.43. The van der Waals surface area contributed by atoms with Crippen LogP contribution in [-0.2, 0) is 0 Å². The van der Waals surface area contributed by atoms with Crippen LogP contribution in [0, 0.1) is 11.7 Å². The first kappa shape index (κ1) is 17.0. The Kier molecular flexibility index (Phi) is 5.89. The van der Waals surface area contributed by atoms with Crippen LogP contribution < -0.4 is 11.1 Å². The quantitative estimate of drug-likeness (QED) is 0.829. The molecule has 1 aromatic carbocycles. The van der Waals surface area contributed by atoms with E-state index >= 15 is 0 Å². The molecule has 2 unspecified atom stereocenters. The average molecular weight is 333 g/mol. The molecule has 0 bridgehead atoms. The molecule has 0 aliphatic heterocycles. The van der Waals surface area contributed by atoms with E-state index in [1.54, 1.807) is 6.07 Å². The Morgan fingerprint density at radius 2 is 2.00 bits per heavy atom. The van der Waals surface area contributed by atoms with Crippen LogP contribution in [0.25, 0.3) is 0 Å². The maximum Gasteiger partial charge on any atom is 0.145 e. The highest BCUT2D eigenvalue weighted by Gasteiger charge is 2.37. The monoisotopic (exact) mass is 332 g/mol.